The molecule has 0 radical (unpaired) electrons. The van der Waals surface area contributed by atoms with E-state index in [-0.39, 0.29) is 17.5 Å². The summed E-state index contributed by atoms with van der Waals surface area (Å²) < 4.78 is 53.4. The molecular weight excluding hydrogens is 364 g/mol. The van der Waals surface area contributed by atoms with Crippen LogP contribution in [-0.4, -0.2) is 23.9 Å². The first-order chi connectivity index (χ1) is 12.8. The van der Waals surface area contributed by atoms with E-state index in [1.807, 2.05) is 0 Å². The average molecular weight is 380 g/mol. The minimum atomic E-state index is -4.73. The van der Waals surface area contributed by atoms with Gasteiger partial charge in [-0.25, -0.2) is 4.39 Å². The lowest BCUT2D eigenvalue weighted by molar-refractivity contribution is -0.274. The summed E-state index contributed by atoms with van der Waals surface area (Å²) in [5, 5.41) is 3.71. The summed E-state index contributed by atoms with van der Waals surface area (Å²) in [6.45, 7) is 0.387. The van der Waals surface area contributed by atoms with Crippen molar-refractivity contribution in [3.63, 3.8) is 0 Å². The number of fused-ring (bicyclic) bond motifs is 1. The van der Waals surface area contributed by atoms with Crippen LogP contribution in [0.4, 0.5) is 23.2 Å². The second kappa shape index (κ2) is 7.56. The maximum atomic E-state index is 13.2. The van der Waals surface area contributed by atoms with Gasteiger partial charge in [-0.05, 0) is 54.4 Å². The SMILES string of the molecule is NC(=NCCc1c[nH]c2cc(F)ccc12)Nc1ccc(OC(F)(F)F)cc1. The predicted octanol–water partition coefficient (Wildman–Crippen LogP) is 4.17. The van der Waals surface area contributed by atoms with E-state index in [0.717, 1.165) is 10.9 Å². The van der Waals surface area contributed by atoms with Gasteiger partial charge in [0.25, 0.3) is 0 Å². The van der Waals surface area contributed by atoms with Crippen LogP contribution in [-0.2, 0) is 6.42 Å². The Kier molecular flexibility index (Phi) is 5.20. The van der Waals surface area contributed by atoms with E-state index in [4.69, 9.17) is 5.73 Å². The molecule has 0 aliphatic heterocycles. The second-order valence-electron chi connectivity index (χ2n) is 5.72. The highest BCUT2D eigenvalue weighted by Crippen LogP contribution is 2.24. The fourth-order valence-electron chi connectivity index (χ4n) is 2.59. The first-order valence-corrected chi connectivity index (χ1v) is 7.98. The summed E-state index contributed by atoms with van der Waals surface area (Å²) in [6, 6.07) is 9.67. The molecule has 0 spiro atoms. The van der Waals surface area contributed by atoms with Crippen LogP contribution < -0.4 is 15.8 Å². The summed E-state index contributed by atoms with van der Waals surface area (Å²) in [6.07, 6.45) is -2.35. The van der Waals surface area contributed by atoms with Crippen LogP contribution in [0.5, 0.6) is 5.75 Å². The highest BCUT2D eigenvalue weighted by Gasteiger charge is 2.30. The molecule has 3 aromatic rings. The average Bonchev–Trinajstić information content (AvgIpc) is 2.97. The number of aliphatic imine (C=N–C) groups is 1. The van der Waals surface area contributed by atoms with E-state index in [0.29, 0.717) is 24.2 Å². The smallest absolute Gasteiger partial charge is 0.406 e. The topological polar surface area (TPSA) is 75.4 Å². The highest BCUT2D eigenvalue weighted by atomic mass is 19.4. The van der Waals surface area contributed by atoms with E-state index in [2.05, 4.69) is 20.0 Å². The molecule has 2 aromatic carbocycles. The Morgan fingerprint density at radius 2 is 1.89 bits per heavy atom. The number of aromatic nitrogens is 1. The number of alkyl halides is 3. The Hall–Kier alpha value is -3.23. The lowest BCUT2D eigenvalue weighted by Crippen LogP contribution is -2.23. The number of guanidine groups is 1. The van der Waals surface area contributed by atoms with Gasteiger partial charge >= 0.3 is 6.36 Å². The number of hydrogen-bond donors (Lipinski definition) is 3. The molecule has 0 bridgehead atoms. The fourth-order valence-corrected chi connectivity index (χ4v) is 2.59. The molecule has 142 valence electrons. The number of nitrogens with zero attached hydrogens (tertiary/aromatic N) is 1. The zero-order chi connectivity index (χ0) is 19.4. The summed E-state index contributed by atoms with van der Waals surface area (Å²) in [5.74, 6) is -0.501. The van der Waals surface area contributed by atoms with Gasteiger partial charge in [0.15, 0.2) is 5.96 Å². The third-order valence-electron chi connectivity index (χ3n) is 3.75. The van der Waals surface area contributed by atoms with Gasteiger partial charge in [-0.1, -0.05) is 0 Å². The van der Waals surface area contributed by atoms with E-state index >= 15 is 0 Å². The largest absolute Gasteiger partial charge is 0.573 e. The van der Waals surface area contributed by atoms with Crippen LogP contribution >= 0.6 is 0 Å². The van der Waals surface area contributed by atoms with Gasteiger partial charge in [-0.3, -0.25) is 4.99 Å². The monoisotopic (exact) mass is 380 g/mol. The Balaban J connectivity index is 1.56. The molecule has 0 unspecified atom stereocenters. The van der Waals surface area contributed by atoms with Crippen molar-refractivity contribution in [2.45, 2.75) is 12.8 Å². The first kappa shape index (κ1) is 18.6. The fraction of sp³-hybridized carbons (Fsp3) is 0.167. The Bertz CT molecular complexity index is 948. The number of H-pyrrole nitrogens is 1. The zero-order valence-electron chi connectivity index (χ0n) is 14.0. The molecule has 1 heterocycles. The van der Waals surface area contributed by atoms with Crippen molar-refractivity contribution in [3.8, 4) is 5.75 Å². The van der Waals surface area contributed by atoms with Crippen molar-refractivity contribution in [3.05, 3.63) is 60.0 Å². The maximum Gasteiger partial charge on any atom is 0.573 e. The molecule has 0 atom stereocenters. The zero-order valence-corrected chi connectivity index (χ0v) is 14.0. The number of ether oxygens (including phenoxy) is 1. The minimum absolute atomic E-state index is 0.130. The molecule has 1 aromatic heterocycles. The van der Waals surface area contributed by atoms with Gasteiger partial charge in [-0.15, -0.1) is 13.2 Å². The minimum Gasteiger partial charge on any atom is -0.406 e. The molecule has 27 heavy (non-hydrogen) atoms. The number of benzene rings is 2. The first-order valence-electron chi connectivity index (χ1n) is 7.98. The van der Waals surface area contributed by atoms with Gasteiger partial charge in [0.2, 0.25) is 0 Å². The van der Waals surface area contributed by atoms with Crippen LogP contribution in [0.15, 0.2) is 53.7 Å². The molecule has 5 nitrogen and oxygen atoms in total. The van der Waals surface area contributed by atoms with Gasteiger partial charge < -0.3 is 20.8 Å². The van der Waals surface area contributed by atoms with Crippen molar-refractivity contribution in [2.75, 3.05) is 11.9 Å². The summed E-state index contributed by atoms with van der Waals surface area (Å²) in [4.78, 5) is 7.19. The van der Waals surface area contributed by atoms with Crippen molar-refractivity contribution in [2.24, 2.45) is 10.7 Å². The number of hydrogen-bond acceptors (Lipinski definition) is 2. The molecule has 0 saturated heterocycles. The third-order valence-corrected chi connectivity index (χ3v) is 3.75. The quantitative estimate of drug-likeness (QED) is 0.353. The predicted molar refractivity (Wildman–Crippen MR) is 95.2 cm³/mol. The molecule has 9 heteroatoms. The van der Waals surface area contributed by atoms with E-state index in [1.165, 1.54) is 36.4 Å². The Morgan fingerprint density at radius 1 is 1.15 bits per heavy atom. The summed E-state index contributed by atoms with van der Waals surface area (Å²) in [7, 11) is 0. The molecule has 4 N–H and O–H groups in total. The van der Waals surface area contributed by atoms with Crippen molar-refractivity contribution in [1.29, 1.82) is 0 Å². The van der Waals surface area contributed by atoms with Crippen LogP contribution in [0, 0.1) is 5.82 Å². The molecule has 0 amide bonds. The van der Waals surface area contributed by atoms with Gasteiger partial charge in [0, 0.05) is 29.3 Å². The van der Waals surface area contributed by atoms with Gasteiger partial charge in [-0.2, -0.15) is 0 Å². The normalized spacial score (nSPS) is 12.4. The third kappa shape index (κ3) is 5.13. The van der Waals surface area contributed by atoms with Gasteiger partial charge in [0.05, 0.1) is 0 Å². The lowest BCUT2D eigenvalue weighted by atomic mass is 10.1. The van der Waals surface area contributed by atoms with E-state index in [1.54, 1.807) is 12.3 Å². The summed E-state index contributed by atoms with van der Waals surface area (Å²) >= 11 is 0. The Labute approximate surface area is 151 Å². The molecule has 0 aliphatic carbocycles. The van der Waals surface area contributed by atoms with Crippen molar-refractivity contribution in [1.82, 2.24) is 4.98 Å². The number of rotatable bonds is 5. The number of halogens is 4. The van der Waals surface area contributed by atoms with Crippen molar-refractivity contribution < 1.29 is 22.3 Å². The maximum absolute atomic E-state index is 13.2. The number of aromatic amines is 1. The second-order valence-corrected chi connectivity index (χ2v) is 5.72. The molecule has 3 rings (SSSR count). The van der Waals surface area contributed by atoms with Gasteiger partial charge in [0.1, 0.15) is 11.6 Å². The Morgan fingerprint density at radius 3 is 2.59 bits per heavy atom. The van der Waals surface area contributed by atoms with E-state index in [9.17, 15) is 17.6 Å². The van der Waals surface area contributed by atoms with Crippen molar-refractivity contribution >= 4 is 22.5 Å². The van der Waals surface area contributed by atoms with Crippen LogP contribution in [0.25, 0.3) is 10.9 Å². The number of nitrogens with two attached hydrogens (primary N) is 1. The molecule has 0 fully saturated rings. The molecular formula is C18H16F4N4O. The number of nitrogens with one attached hydrogen (secondary N) is 2. The van der Waals surface area contributed by atoms with Crippen LogP contribution in [0.1, 0.15) is 5.56 Å². The molecule has 0 aliphatic rings. The number of anilines is 1. The lowest BCUT2D eigenvalue weighted by Gasteiger charge is -2.10. The standard InChI is InChI=1S/C18H16F4N4O/c19-12-1-6-15-11(10-25-16(15)9-12)7-8-24-17(23)26-13-2-4-14(5-3-13)27-18(20,21)22/h1-6,9-10,25H,7-8H2,(H3,23,24,26). The highest BCUT2D eigenvalue weighted by molar-refractivity contribution is 5.92. The van der Waals surface area contributed by atoms with Crippen LogP contribution in [0.3, 0.4) is 0 Å². The van der Waals surface area contributed by atoms with Crippen LogP contribution in [0.2, 0.25) is 0 Å². The van der Waals surface area contributed by atoms with E-state index < -0.39 is 6.36 Å². The molecule has 0 saturated carbocycles. The summed E-state index contributed by atoms with van der Waals surface area (Å²) in [5.41, 5.74) is 7.96.